The van der Waals surface area contributed by atoms with E-state index in [1.54, 1.807) is 4.68 Å². The van der Waals surface area contributed by atoms with Gasteiger partial charge in [0.15, 0.2) is 0 Å². The number of amides is 3. The van der Waals surface area contributed by atoms with Crippen molar-refractivity contribution < 1.29 is 18.4 Å². The number of carbonyl (C=O) groups is 2. The molecule has 2 atom stereocenters. The highest BCUT2D eigenvalue weighted by Gasteiger charge is 2.42. The van der Waals surface area contributed by atoms with Crippen LogP contribution in [0.3, 0.4) is 0 Å². The van der Waals surface area contributed by atoms with E-state index in [4.69, 9.17) is 5.10 Å². The number of benzene rings is 3. The Morgan fingerprint density at radius 1 is 0.870 bits per heavy atom. The van der Waals surface area contributed by atoms with Crippen molar-refractivity contribution in [2.45, 2.75) is 83.7 Å². The van der Waals surface area contributed by atoms with Crippen LogP contribution in [0.4, 0.5) is 25.1 Å². The predicted molar refractivity (Wildman–Crippen MR) is 176 cm³/mol. The van der Waals surface area contributed by atoms with Crippen molar-refractivity contribution in [1.29, 1.82) is 0 Å². The zero-order valence-electron chi connectivity index (χ0n) is 26.8. The van der Waals surface area contributed by atoms with Crippen LogP contribution >= 0.6 is 0 Å². The summed E-state index contributed by atoms with van der Waals surface area (Å²) < 4.78 is 29.1. The Morgan fingerprint density at radius 2 is 1.54 bits per heavy atom. The molecule has 7 nitrogen and oxygen atoms in total. The largest absolute Gasteiger partial charge is 0.336 e. The Labute approximate surface area is 269 Å². The van der Waals surface area contributed by atoms with Crippen molar-refractivity contribution in [2.24, 2.45) is 5.92 Å². The number of anilines is 2. The van der Waals surface area contributed by atoms with E-state index in [0.717, 1.165) is 60.7 Å². The molecule has 240 valence electrons. The first-order chi connectivity index (χ1) is 21.9. The lowest BCUT2D eigenvalue weighted by atomic mass is 9.85. The topological polar surface area (TPSA) is 79.3 Å². The quantitative estimate of drug-likeness (QED) is 0.219. The van der Waals surface area contributed by atoms with E-state index in [9.17, 15) is 18.4 Å². The van der Waals surface area contributed by atoms with E-state index in [0.29, 0.717) is 23.0 Å². The summed E-state index contributed by atoms with van der Waals surface area (Å²) in [7, 11) is 0. The third-order valence-electron chi connectivity index (χ3n) is 9.10. The van der Waals surface area contributed by atoms with Gasteiger partial charge >= 0.3 is 6.03 Å². The first-order valence-electron chi connectivity index (χ1n) is 16.0. The van der Waals surface area contributed by atoms with Gasteiger partial charge in [0.25, 0.3) is 0 Å². The third-order valence-corrected chi connectivity index (χ3v) is 9.10. The molecule has 0 radical (unpaired) electrons. The maximum absolute atomic E-state index is 13.7. The molecule has 2 aliphatic heterocycles. The van der Waals surface area contributed by atoms with Gasteiger partial charge < -0.3 is 10.2 Å². The first-order valence-corrected chi connectivity index (χ1v) is 16.0. The number of hydrogen-bond donors (Lipinski definition) is 2. The van der Waals surface area contributed by atoms with Gasteiger partial charge in [0.2, 0.25) is 5.91 Å². The van der Waals surface area contributed by atoms with Gasteiger partial charge in [-0.1, -0.05) is 50.6 Å². The molecule has 2 bridgehead atoms. The van der Waals surface area contributed by atoms with Gasteiger partial charge in [0.1, 0.15) is 17.5 Å². The summed E-state index contributed by atoms with van der Waals surface area (Å²) in [6, 6.07) is 21.0. The molecule has 46 heavy (non-hydrogen) atoms. The fraction of sp³-hybridized carbons (Fsp3) is 0.378. The van der Waals surface area contributed by atoms with Gasteiger partial charge in [0.05, 0.1) is 17.8 Å². The van der Waals surface area contributed by atoms with E-state index in [1.165, 1.54) is 12.1 Å². The number of rotatable bonds is 7. The molecule has 0 spiro atoms. The predicted octanol–water partition coefficient (Wildman–Crippen LogP) is 7.96. The minimum atomic E-state index is -0.665. The summed E-state index contributed by atoms with van der Waals surface area (Å²) in [6.07, 6.45) is 4.51. The van der Waals surface area contributed by atoms with Gasteiger partial charge in [-0.3, -0.25) is 10.1 Å². The summed E-state index contributed by atoms with van der Waals surface area (Å²) in [5.74, 6) is -0.408. The van der Waals surface area contributed by atoms with E-state index < -0.39 is 11.6 Å². The highest BCUT2D eigenvalue weighted by Crippen LogP contribution is 2.40. The van der Waals surface area contributed by atoms with Crippen LogP contribution in [0.2, 0.25) is 0 Å². The van der Waals surface area contributed by atoms with Gasteiger partial charge in [-0.25, -0.2) is 18.3 Å². The van der Waals surface area contributed by atoms with Gasteiger partial charge in [-0.05, 0) is 92.5 Å². The molecular formula is C37H41F2N5O2. The molecule has 0 aliphatic carbocycles. The van der Waals surface area contributed by atoms with Crippen LogP contribution in [-0.4, -0.2) is 38.7 Å². The number of nitrogens with zero attached hydrogens (tertiary/aromatic N) is 3. The molecule has 2 fully saturated rings. The minimum Gasteiger partial charge on any atom is -0.336 e. The van der Waals surface area contributed by atoms with Crippen molar-refractivity contribution in [3.8, 4) is 5.69 Å². The van der Waals surface area contributed by atoms with Crippen LogP contribution in [0, 0.1) is 24.5 Å². The van der Waals surface area contributed by atoms with E-state index in [-0.39, 0.29) is 35.9 Å². The summed E-state index contributed by atoms with van der Waals surface area (Å²) in [6.45, 7) is 8.30. The van der Waals surface area contributed by atoms with Crippen LogP contribution < -0.4 is 10.6 Å². The van der Waals surface area contributed by atoms with Gasteiger partial charge in [0, 0.05) is 35.3 Å². The monoisotopic (exact) mass is 625 g/mol. The van der Waals surface area contributed by atoms with Gasteiger partial charge in [-0.15, -0.1) is 0 Å². The number of fused-ring (bicyclic) bond motifs is 2. The minimum absolute atomic E-state index is 0.00541. The number of aryl methyl sites for hydroxylation is 1. The Kier molecular flexibility index (Phi) is 8.68. The number of carbonyl (C=O) groups excluding carboxylic acids is 2. The highest BCUT2D eigenvalue weighted by molar-refractivity contribution is 5.99. The number of hydrogen-bond acceptors (Lipinski definition) is 3. The molecule has 0 saturated carbocycles. The fourth-order valence-corrected chi connectivity index (χ4v) is 6.95. The lowest BCUT2D eigenvalue weighted by Crippen LogP contribution is -2.47. The Morgan fingerprint density at radius 3 is 2.20 bits per heavy atom. The van der Waals surface area contributed by atoms with Crippen LogP contribution in [-0.2, 0) is 23.1 Å². The Hall–Kier alpha value is -4.53. The second-order valence-corrected chi connectivity index (χ2v) is 13.9. The SMILES string of the molecule is Cc1ccc(-n2nc(C(C)(C)C)cc2NC(=O)Nc2cccc(CC3CC4CCC(C3)N4C(=O)Cc3cc(F)cc(F)c3)c2)cc1. The maximum atomic E-state index is 13.7. The molecule has 3 aromatic carbocycles. The van der Waals surface area contributed by atoms with Crippen molar-refractivity contribution >= 4 is 23.4 Å². The van der Waals surface area contributed by atoms with E-state index in [1.807, 2.05) is 60.4 Å². The standard InChI is InChI=1S/C37H41F2N5O2/c1-23-8-10-30(11-9-23)44-34(22-33(42-44)37(2,3)4)41-36(46)40-29-7-5-6-24(17-29)14-25-18-31-12-13-32(19-25)43(31)35(45)20-26-15-27(38)21-28(39)16-26/h5-11,15-17,21-22,25,31-32H,12-14,18-20H2,1-4H3,(H2,40,41,46). The van der Waals surface area contributed by atoms with Crippen molar-refractivity contribution in [2.75, 3.05) is 10.6 Å². The Bertz CT molecular complexity index is 1710. The zero-order chi connectivity index (χ0) is 32.6. The van der Waals surface area contributed by atoms with Gasteiger partial charge in [-0.2, -0.15) is 5.10 Å². The van der Waals surface area contributed by atoms with Crippen LogP contribution in [0.15, 0.2) is 72.8 Å². The van der Waals surface area contributed by atoms with Crippen LogP contribution in [0.1, 0.15) is 68.8 Å². The van der Waals surface area contributed by atoms with Crippen LogP contribution in [0.5, 0.6) is 0 Å². The number of urea groups is 1. The molecule has 4 aromatic rings. The Balaban J connectivity index is 1.09. The van der Waals surface area contributed by atoms with Crippen LogP contribution in [0.25, 0.3) is 5.69 Å². The second-order valence-electron chi connectivity index (χ2n) is 13.9. The van der Waals surface area contributed by atoms with Crippen molar-refractivity contribution in [3.05, 3.63) is 107 Å². The molecular weight excluding hydrogens is 584 g/mol. The molecule has 2 unspecified atom stereocenters. The number of aromatic nitrogens is 2. The van der Waals surface area contributed by atoms with E-state index in [2.05, 4.69) is 37.5 Å². The molecule has 3 amide bonds. The number of halogens is 2. The average Bonchev–Trinajstić information content (AvgIpc) is 3.51. The summed E-state index contributed by atoms with van der Waals surface area (Å²) in [5.41, 5.74) is 4.87. The number of nitrogens with one attached hydrogen (secondary N) is 2. The summed E-state index contributed by atoms with van der Waals surface area (Å²) in [4.78, 5) is 28.4. The normalized spacial score (nSPS) is 19.3. The average molecular weight is 626 g/mol. The fourth-order valence-electron chi connectivity index (χ4n) is 6.95. The lowest BCUT2D eigenvalue weighted by molar-refractivity contribution is -0.135. The first kappa shape index (κ1) is 31.5. The molecule has 2 saturated heterocycles. The van der Waals surface area contributed by atoms with Crippen molar-refractivity contribution in [1.82, 2.24) is 14.7 Å². The number of piperidine rings is 1. The maximum Gasteiger partial charge on any atom is 0.324 e. The molecule has 9 heteroatoms. The lowest BCUT2D eigenvalue weighted by Gasteiger charge is -2.39. The summed E-state index contributed by atoms with van der Waals surface area (Å²) in [5, 5.41) is 10.8. The zero-order valence-corrected chi connectivity index (χ0v) is 26.8. The van der Waals surface area contributed by atoms with Crippen molar-refractivity contribution in [3.63, 3.8) is 0 Å². The summed E-state index contributed by atoms with van der Waals surface area (Å²) >= 11 is 0. The smallest absolute Gasteiger partial charge is 0.324 e. The molecule has 2 N–H and O–H groups in total. The molecule has 6 rings (SSSR count). The molecule has 2 aliphatic rings. The molecule has 3 heterocycles. The second kappa shape index (κ2) is 12.7. The third kappa shape index (κ3) is 7.14. The highest BCUT2D eigenvalue weighted by atomic mass is 19.1. The molecule has 1 aromatic heterocycles. The van der Waals surface area contributed by atoms with E-state index >= 15 is 0 Å².